The summed E-state index contributed by atoms with van der Waals surface area (Å²) in [5, 5.41) is 9.03. The molecule has 1 heterocycles. The Hall–Kier alpha value is -1.57. The van der Waals surface area contributed by atoms with E-state index < -0.39 is 0 Å². The molecule has 0 amide bonds. The number of nitrogens with zero attached hydrogens (tertiary/aromatic N) is 2. The van der Waals surface area contributed by atoms with Gasteiger partial charge in [0, 0.05) is 19.0 Å². The van der Waals surface area contributed by atoms with Crippen LogP contribution >= 0.6 is 0 Å². The van der Waals surface area contributed by atoms with Gasteiger partial charge in [0.15, 0.2) is 0 Å². The van der Waals surface area contributed by atoms with Gasteiger partial charge in [0.05, 0.1) is 17.9 Å². The number of nitriles is 1. The van der Waals surface area contributed by atoms with E-state index in [0.29, 0.717) is 12.5 Å². The normalized spacial score (nSPS) is 19.8. The molecule has 0 saturated carbocycles. The van der Waals surface area contributed by atoms with E-state index >= 15 is 0 Å². The van der Waals surface area contributed by atoms with Crippen LogP contribution in [0.4, 0.5) is 5.69 Å². The lowest BCUT2D eigenvalue weighted by molar-refractivity contribution is 0.108. The maximum atomic E-state index is 9.03. The standard InChI is InChI=1S/C12H15N3O/c13-7-11-3-1-2-4-12(11)15-6-5-10(8-15)9-16-14/h1-4,10H,5-6,8-9,14H2. The van der Waals surface area contributed by atoms with Gasteiger partial charge >= 0.3 is 0 Å². The highest BCUT2D eigenvalue weighted by Crippen LogP contribution is 2.26. The second-order valence-electron chi connectivity index (χ2n) is 4.06. The van der Waals surface area contributed by atoms with Crippen molar-refractivity contribution in [3.8, 4) is 6.07 Å². The predicted octanol–water partition coefficient (Wildman–Crippen LogP) is 1.27. The third-order valence-electron chi connectivity index (χ3n) is 2.98. The molecule has 1 atom stereocenters. The highest BCUT2D eigenvalue weighted by Gasteiger charge is 2.23. The number of nitrogens with two attached hydrogens (primary N) is 1. The number of anilines is 1. The van der Waals surface area contributed by atoms with Crippen LogP contribution in [0.5, 0.6) is 0 Å². The molecule has 1 unspecified atom stereocenters. The van der Waals surface area contributed by atoms with E-state index in [4.69, 9.17) is 11.2 Å². The molecule has 1 fully saturated rings. The number of hydrogen-bond donors (Lipinski definition) is 1. The molecule has 2 rings (SSSR count). The van der Waals surface area contributed by atoms with Crippen molar-refractivity contribution >= 4 is 5.69 Å². The van der Waals surface area contributed by atoms with Gasteiger partial charge in [-0.25, -0.2) is 5.90 Å². The summed E-state index contributed by atoms with van der Waals surface area (Å²) in [5.74, 6) is 5.55. The topological polar surface area (TPSA) is 62.3 Å². The lowest BCUT2D eigenvalue weighted by atomic mass is 10.1. The Morgan fingerprint density at radius 3 is 3.06 bits per heavy atom. The average molecular weight is 217 g/mol. The quantitative estimate of drug-likeness (QED) is 0.774. The molecule has 4 heteroatoms. The Bertz CT molecular complexity index is 399. The molecule has 0 radical (unpaired) electrons. The Kier molecular flexibility index (Phi) is 3.40. The van der Waals surface area contributed by atoms with E-state index in [-0.39, 0.29) is 0 Å². The smallest absolute Gasteiger partial charge is 0.101 e. The Morgan fingerprint density at radius 1 is 1.50 bits per heavy atom. The lowest BCUT2D eigenvalue weighted by Crippen LogP contribution is -2.22. The molecule has 84 valence electrons. The van der Waals surface area contributed by atoms with Crippen molar-refractivity contribution in [2.24, 2.45) is 11.8 Å². The summed E-state index contributed by atoms with van der Waals surface area (Å²) in [6, 6.07) is 9.91. The lowest BCUT2D eigenvalue weighted by Gasteiger charge is -2.19. The van der Waals surface area contributed by atoms with E-state index in [0.717, 1.165) is 30.8 Å². The molecular weight excluding hydrogens is 202 g/mol. The third kappa shape index (κ3) is 2.16. The van der Waals surface area contributed by atoms with Crippen LogP contribution < -0.4 is 10.8 Å². The zero-order valence-corrected chi connectivity index (χ0v) is 9.10. The first-order valence-electron chi connectivity index (χ1n) is 5.41. The number of para-hydroxylation sites is 1. The van der Waals surface area contributed by atoms with Crippen LogP contribution in [-0.4, -0.2) is 19.7 Å². The second kappa shape index (κ2) is 4.97. The number of hydrogen-bond acceptors (Lipinski definition) is 4. The minimum atomic E-state index is 0.469. The minimum absolute atomic E-state index is 0.469. The van der Waals surface area contributed by atoms with Gasteiger partial charge in [-0.1, -0.05) is 12.1 Å². The second-order valence-corrected chi connectivity index (χ2v) is 4.06. The summed E-state index contributed by atoms with van der Waals surface area (Å²) in [4.78, 5) is 6.90. The van der Waals surface area contributed by atoms with Crippen molar-refractivity contribution in [1.29, 1.82) is 5.26 Å². The van der Waals surface area contributed by atoms with Crippen LogP contribution in [-0.2, 0) is 4.84 Å². The maximum Gasteiger partial charge on any atom is 0.101 e. The summed E-state index contributed by atoms with van der Waals surface area (Å²) >= 11 is 0. The van der Waals surface area contributed by atoms with Gasteiger partial charge in [-0.3, -0.25) is 0 Å². The summed E-state index contributed by atoms with van der Waals surface area (Å²) in [7, 11) is 0. The highest BCUT2D eigenvalue weighted by molar-refractivity contribution is 5.59. The van der Waals surface area contributed by atoms with Crippen LogP contribution in [0.25, 0.3) is 0 Å². The fourth-order valence-corrected chi connectivity index (χ4v) is 2.17. The van der Waals surface area contributed by atoms with Crippen molar-refractivity contribution in [1.82, 2.24) is 0 Å². The molecule has 16 heavy (non-hydrogen) atoms. The van der Waals surface area contributed by atoms with Gasteiger partial charge in [-0.05, 0) is 18.6 Å². The minimum Gasteiger partial charge on any atom is -0.370 e. The average Bonchev–Trinajstić information content (AvgIpc) is 2.78. The molecule has 1 aliphatic rings. The van der Waals surface area contributed by atoms with Gasteiger partial charge in [-0.2, -0.15) is 5.26 Å². The van der Waals surface area contributed by atoms with Crippen LogP contribution in [0, 0.1) is 17.2 Å². The van der Waals surface area contributed by atoms with Crippen molar-refractivity contribution in [2.45, 2.75) is 6.42 Å². The largest absolute Gasteiger partial charge is 0.370 e. The maximum absolute atomic E-state index is 9.03. The number of benzene rings is 1. The molecule has 0 spiro atoms. The van der Waals surface area contributed by atoms with Crippen molar-refractivity contribution in [3.05, 3.63) is 29.8 Å². The third-order valence-corrected chi connectivity index (χ3v) is 2.98. The molecule has 1 aliphatic heterocycles. The molecular formula is C12H15N3O. The van der Waals surface area contributed by atoms with E-state index in [1.165, 1.54) is 0 Å². The van der Waals surface area contributed by atoms with E-state index in [1.807, 2.05) is 24.3 Å². The molecule has 0 bridgehead atoms. The molecule has 1 aromatic rings. The Labute approximate surface area is 95.2 Å². The highest BCUT2D eigenvalue weighted by atomic mass is 16.6. The van der Waals surface area contributed by atoms with Crippen molar-refractivity contribution in [2.75, 3.05) is 24.6 Å². The van der Waals surface area contributed by atoms with E-state index in [9.17, 15) is 0 Å². The van der Waals surface area contributed by atoms with Crippen LogP contribution in [0.1, 0.15) is 12.0 Å². The fourth-order valence-electron chi connectivity index (χ4n) is 2.17. The Balaban J connectivity index is 2.12. The van der Waals surface area contributed by atoms with Gasteiger partial charge in [0.1, 0.15) is 6.07 Å². The molecule has 0 aromatic heterocycles. The van der Waals surface area contributed by atoms with Gasteiger partial charge < -0.3 is 9.74 Å². The first kappa shape index (κ1) is 10.9. The van der Waals surface area contributed by atoms with Crippen LogP contribution in [0.15, 0.2) is 24.3 Å². The zero-order valence-electron chi connectivity index (χ0n) is 9.10. The molecule has 0 aliphatic carbocycles. The molecule has 1 aromatic carbocycles. The summed E-state index contributed by atoms with van der Waals surface area (Å²) in [6.07, 6.45) is 1.07. The van der Waals surface area contributed by atoms with Crippen LogP contribution in [0.2, 0.25) is 0 Å². The SMILES string of the molecule is N#Cc1ccccc1N1CCC(CON)C1. The zero-order chi connectivity index (χ0) is 11.4. The Morgan fingerprint density at radius 2 is 2.31 bits per heavy atom. The fraction of sp³-hybridized carbons (Fsp3) is 0.417. The van der Waals surface area contributed by atoms with Gasteiger partial charge in [-0.15, -0.1) is 0 Å². The summed E-state index contributed by atoms with van der Waals surface area (Å²) in [5.41, 5.74) is 1.75. The molecule has 4 nitrogen and oxygen atoms in total. The first-order valence-corrected chi connectivity index (χ1v) is 5.41. The number of rotatable bonds is 3. The van der Waals surface area contributed by atoms with E-state index in [2.05, 4.69) is 15.8 Å². The van der Waals surface area contributed by atoms with Gasteiger partial charge in [0.2, 0.25) is 0 Å². The van der Waals surface area contributed by atoms with Gasteiger partial charge in [0.25, 0.3) is 0 Å². The van der Waals surface area contributed by atoms with Crippen LogP contribution in [0.3, 0.4) is 0 Å². The van der Waals surface area contributed by atoms with E-state index in [1.54, 1.807) is 0 Å². The molecule has 2 N–H and O–H groups in total. The van der Waals surface area contributed by atoms with Crippen molar-refractivity contribution < 1.29 is 4.84 Å². The van der Waals surface area contributed by atoms with Crippen molar-refractivity contribution in [3.63, 3.8) is 0 Å². The molecule has 1 saturated heterocycles. The summed E-state index contributed by atoms with van der Waals surface area (Å²) in [6.45, 7) is 2.47. The monoisotopic (exact) mass is 217 g/mol. The summed E-state index contributed by atoms with van der Waals surface area (Å²) < 4.78 is 0. The predicted molar refractivity (Wildman–Crippen MR) is 61.6 cm³/mol. The first-order chi connectivity index (χ1) is 7.85.